The summed E-state index contributed by atoms with van der Waals surface area (Å²) < 4.78 is 0. The van der Waals surface area contributed by atoms with Crippen LogP contribution >= 0.6 is 23.5 Å². The predicted octanol–water partition coefficient (Wildman–Crippen LogP) is 2.62. The van der Waals surface area contributed by atoms with Crippen LogP contribution in [0.25, 0.3) is 0 Å². The number of hydrogen-bond donors (Lipinski definition) is 1. The molecule has 1 saturated heterocycles. The summed E-state index contributed by atoms with van der Waals surface area (Å²) >= 11 is 2.96. The van der Waals surface area contributed by atoms with Gasteiger partial charge < -0.3 is 0 Å². The summed E-state index contributed by atoms with van der Waals surface area (Å²) in [5, 5.41) is 1.92. The van der Waals surface area contributed by atoms with Crippen molar-refractivity contribution in [3.63, 3.8) is 0 Å². The third-order valence-electron chi connectivity index (χ3n) is 3.09. The molecule has 0 aliphatic carbocycles. The molecular formula is C12H11NO2S2. The molecule has 2 amide bonds. The van der Waals surface area contributed by atoms with E-state index in [4.69, 9.17) is 0 Å². The standard InChI is InChI=1S/C12H11NO2S2/c14-11-10(17-12(15)13-11)8-5-6-16-9-4-2-1-3-7(8)9/h1-4,8,10H,5-6H2,(H,13,14,15). The number of hydrogen-bond acceptors (Lipinski definition) is 4. The number of imide groups is 1. The van der Waals surface area contributed by atoms with Crippen molar-refractivity contribution >= 4 is 34.7 Å². The van der Waals surface area contributed by atoms with Gasteiger partial charge in [0.1, 0.15) is 5.25 Å². The van der Waals surface area contributed by atoms with Crippen LogP contribution in [0.1, 0.15) is 17.9 Å². The zero-order valence-electron chi connectivity index (χ0n) is 9.01. The summed E-state index contributed by atoms with van der Waals surface area (Å²) in [5.41, 5.74) is 1.21. The molecule has 1 N–H and O–H groups in total. The highest BCUT2D eigenvalue weighted by molar-refractivity contribution is 8.15. The third kappa shape index (κ3) is 1.98. The molecule has 1 aromatic carbocycles. The number of carbonyl (C=O) groups excluding carboxylic acids is 2. The summed E-state index contributed by atoms with van der Waals surface area (Å²) in [5.74, 6) is 1.05. The molecule has 0 saturated carbocycles. The fraction of sp³-hybridized carbons (Fsp3) is 0.333. The number of thioether (sulfide) groups is 2. The molecule has 2 unspecified atom stereocenters. The van der Waals surface area contributed by atoms with Gasteiger partial charge in [-0.1, -0.05) is 30.0 Å². The molecule has 1 aromatic rings. The van der Waals surface area contributed by atoms with Gasteiger partial charge in [0.25, 0.3) is 5.24 Å². The van der Waals surface area contributed by atoms with E-state index in [1.54, 1.807) is 0 Å². The highest BCUT2D eigenvalue weighted by Crippen LogP contribution is 2.43. The van der Waals surface area contributed by atoms with E-state index in [1.807, 2.05) is 23.9 Å². The predicted molar refractivity (Wildman–Crippen MR) is 69.4 cm³/mol. The van der Waals surface area contributed by atoms with E-state index in [0.29, 0.717) is 0 Å². The fourth-order valence-electron chi connectivity index (χ4n) is 2.32. The molecule has 0 bridgehead atoms. The molecule has 3 nitrogen and oxygen atoms in total. The van der Waals surface area contributed by atoms with Crippen molar-refractivity contribution in [3.8, 4) is 0 Å². The van der Waals surface area contributed by atoms with Crippen molar-refractivity contribution in [2.75, 3.05) is 5.75 Å². The first kappa shape index (κ1) is 11.2. The number of fused-ring (bicyclic) bond motifs is 1. The molecule has 2 atom stereocenters. The lowest BCUT2D eigenvalue weighted by atomic mass is 9.92. The van der Waals surface area contributed by atoms with Crippen LogP contribution in [0.5, 0.6) is 0 Å². The van der Waals surface area contributed by atoms with E-state index in [2.05, 4.69) is 17.4 Å². The maximum Gasteiger partial charge on any atom is 0.286 e. The largest absolute Gasteiger partial charge is 0.286 e. The first-order chi connectivity index (χ1) is 8.25. The van der Waals surface area contributed by atoms with Crippen LogP contribution in [-0.4, -0.2) is 22.1 Å². The number of amides is 2. The van der Waals surface area contributed by atoms with Crippen LogP contribution in [0.4, 0.5) is 4.79 Å². The minimum Gasteiger partial charge on any atom is -0.286 e. The average molecular weight is 265 g/mol. The van der Waals surface area contributed by atoms with Gasteiger partial charge in [-0.05, 0) is 23.8 Å². The molecule has 88 valence electrons. The van der Waals surface area contributed by atoms with E-state index in [0.717, 1.165) is 23.9 Å². The number of carbonyl (C=O) groups is 2. The molecule has 3 rings (SSSR count). The Morgan fingerprint density at radius 3 is 2.82 bits per heavy atom. The van der Waals surface area contributed by atoms with E-state index >= 15 is 0 Å². The van der Waals surface area contributed by atoms with Gasteiger partial charge in [0.15, 0.2) is 0 Å². The highest BCUT2D eigenvalue weighted by atomic mass is 32.2. The van der Waals surface area contributed by atoms with Crippen molar-refractivity contribution in [1.82, 2.24) is 5.32 Å². The summed E-state index contributed by atoms with van der Waals surface area (Å²) in [4.78, 5) is 24.2. The zero-order valence-corrected chi connectivity index (χ0v) is 10.6. The summed E-state index contributed by atoms with van der Waals surface area (Å²) in [6.07, 6.45) is 0.958. The molecule has 17 heavy (non-hydrogen) atoms. The van der Waals surface area contributed by atoms with E-state index in [-0.39, 0.29) is 22.3 Å². The van der Waals surface area contributed by atoms with E-state index in [9.17, 15) is 9.59 Å². The Kier molecular flexibility index (Phi) is 2.88. The minimum absolute atomic E-state index is 0.133. The van der Waals surface area contributed by atoms with Gasteiger partial charge in [0.05, 0.1) is 0 Å². The highest BCUT2D eigenvalue weighted by Gasteiger charge is 2.40. The molecular weight excluding hydrogens is 254 g/mol. The van der Waals surface area contributed by atoms with Gasteiger partial charge in [-0.15, -0.1) is 11.8 Å². The SMILES string of the molecule is O=C1NC(=O)C(C2CCSc3ccccc32)S1. The van der Waals surface area contributed by atoms with Gasteiger partial charge in [-0.25, -0.2) is 0 Å². The van der Waals surface area contributed by atoms with Crippen LogP contribution in [0.15, 0.2) is 29.2 Å². The molecule has 5 heteroatoms. The second-order valence-electron chi connectivity index (χ2n) is 4.10. The first-order valence-electron chi connectivity index (χ1n) is 5.49. The molecule has 1 fully saturated rings. The number of nitrogens with one attached hydrogen (secondary N) is 1. The Morgan fingerprint density at radius 1 is 1.24 bits per heavy atom. The maximum absolute atomic E-state index is 11.7. The summed E-state index contributed by atoms with van der Waals surface area (Å²) in [7, 11) is 0. The quantitative estimate of drug-likeness (QED) is 0.848. The summed E-state index contributed by atoms with van der Waals surface area (Å²) in [6.45, 7) is 0. The lowest BCUT2D eigenvalue weighted by Crippen LogP contribution is -2.30. The topological polar surface area (TPSA) is 46.2 Å². The van der Waals surface area contributed by atoms with Gasteiger partial charge in [0.2, 0.25) is 5.91 Å². The fourth-order valence-corrected chi connectivity index (χ4v) is 4.47. The van der Waals surface area contributed by atoms with E-state index < -0.39 is 0 Å². The lowest BCUT2D eigenvalue weighted by molar-refractivity contribution is -0.119. The van der Waals surface area contributed by atoms with E-state index in [1.165, 1.54) is 10.5 Å². The summed E-state index contributed by atoms with van der Waals surface area (Å²) in [6, 6.07) is 8.17. The average Bonchev–Trinajstić information content (AvgIpc) is 2.68. The van der Waals surface area contributed by atoms with Crippen LogP contribution in [0.3, 0.4) is 0 Å². The van der Waals surface area contributed by atoms with Gasteiger partial charge >= 0.3 is 0 Å². The second kappa shape index (κ2) is 4.38. The molecule has 0 radical (unpaired) electrons. The Hall–Kier alpha value is -0.940. The maximum atomic E-state index is 11.7. The number of benzene rings is 1. The van der Waals surface area contributed by atoms with Crippen molar-refractivity contribution in [1.29, 1.82) is 0 Å². The van der Waals surface area contributed by atoms with Crippen molar-refractivity contribution < 1.29 is 9.59 Å². The van der Waals surface area contributed by atoms with Crippen molar-refractivity contribution in [2.24, 2.45) is 0 Å². The van der Waals surface area contributed by atoms with Crippen LogP contribution < -0.4 is 5.32 Å². The van der Waals surface area contributed by atoms with Crippen molar-refractivity contribution in [3.05, 3.63) is 29.8 Å². The van der Waals surface area contributed by atoms with Gasteiger partial charge in [-0.2, -0.15) is 0 Å². The third-order valence-corrected chi connectivity index (χ3v) is 5.32. The normalized spacial score (nSPS) is 27.8. The Morgan fingerprint density at radius 2 is 2.06 bits per heavy atom. The number of rotatable bonds is 1. The molecule has 0 spiro atoms. The van der Waals surface area contributed by atoms with Crippen LogP contribution in [0, 0.1) is 0 Å². The minimum atomic E-state index is -0.246. The zero-order chi connectivity index (χ0) is 11.8. The molecule has 2 heterocycles. The first-order valence-corrected chi connectivity index (χ1v) is 7.35. The second-order valence-corrected chi connectivity index (χ2v) is 6.35. The smallest absolute Gasteiger partial charge is 0.286 e. The lowest BCUT2D eigenvalue weighted by Gasteiger charge is -2.27. The Balaban J connectivity index is 1.95. The Bertz CT molecular complexity index is 489. The van der Waals surface area contributed by atoms with Crippen LogP contribution in [-0.2, 0) is 4.79 Å². The molecule has 0 aromatic heterocycles. The molecule has 2 aliphatic rings. The molecule has 2 aliphatic heterocycles. The monoisotopic (exact) mass is 265 g/mol. The van der Waals surface area contributed by atoms with Crippen LogP contribution in [0.2, 0.25) is 0 Å². The van der Waals surface area contributed by atoms with Crippen molar-refractivity contribution in [2.45, 2.75) is 22.5 Å². The van der Waals surface area contributed by atoms with Gasteiger partial charge in [0, 0.05) is 10.8 Å². The Labute approximate surface area is 108 Å². The van der Waals surface area contributed by atoms with Gasteiger partial charge in [-0.3, -0.25) is 14.9 Å².